The van der Waals surface area contributed by atoms with Gasteiger partial charge in [-0.2, -0.15) is 0 Å². The van der Waals surface area contributed by atoms with E-state index in [9.17, 15) is 0 Å². The second-order valence-corrected chi connectivity index (χ2v) is 4.84. The fourth-order valence-electron chi connectivity index (χ4n) is 1.99. The van der Waals surface area contributed by atoms with Gasteiger partial charge in [0.05, 0.1) is 10.0 Å². The van der Waals surface area contributed by atoms with Crippen molar-refractivity contribution in [3.05, 3.63) is 33.8 Å². The van der Waals surface area contributed by atoms with E-state index in [2.05, 4.69) is 18.3 Å². The van der Waals surface area contributed by atoms with Crippen molar-refractivity contribution in [1.29, 1.82) is 0 Å². The van der Waals surface area contributed by atoms with Crippen LogP contribution in [0.3, 0.4) is 0 Å². The van der Waals surface area contributed by atoms with E-state index < -0.39 is 0 Å². The average molecular weight is 244 g/mol. The van der Waals surface area contributed by atoms with Gasteiger partial charge in [0.25, 0.3) is 0 Å². The molecule has 1 nitrogen and oxygen atoms in total. The van der Waals surface area contributed by atoms with Gasteiger partial charge >= 0.3 is 0 Å². The fraction of sp³-hybridized carbons (Fsp3) is 0.500. The fourth-order valence-corrected chi connectivity index (χ4v) is 2.44. The Kier molecular flexibility index (Phi) is 3.55. The standard InChI is InChI=1S/C12H15Cl2N/c1-2-15-7-8-6-10(8)9-4-3-5-11(13)12(9)14/h3-5,8,10,15H,2,6-7H2,1H3. The van der Waals surface area contributed by atoms with Crippen molar-refractivity contribution in [1.82, 2.24) is 5.32 Å². The molecule has 0 heterocycles. The second kappa shape index (κ2) is 4.73. The third-order valence-corrected chi connectivity index (χ3v) is 3.79. The molecule has 2 atom stereocenters. The Morgan fingerprint density at radius 2 is 2.20 bits per heavy atom. The molecule has 1 fully saturated rings. The van der Waals surface area contributed by atoms with Crippen LogP contribution in [0.25, 0.3) is 0 Å². The lowest BCUT2D eigenvalue weighted by atomic mass is 10.1. The van der Waals surface area contributed by atoms with Crippen molar-refractivity contribution in [2.75, 3.05) is 13.1 Å². The Morgan fingerprint density at radius 1 is 1.40 bits per heavy atom. The molecule has 0 radical (unpaired) electrons. The maximum atomic E-state index is 6.18. The first-order valence-electron chi connectivity index (χ1n) is 5.38. The van der Waals surface area contributed by atoms with Crippen LogP contribution in [0, 0.1) is 5.92 Å². The van der Waals surface area contributed by atoms with E-state index in [4.69, 9.17) is 23.2 Å². The summed E-state index contributed by atoms with van der Waals surface area (Å²) in [5.41, 5.74) is 1.21. The first-order chi connectivity index (χ1) is 7.24. The monoisotopic (exact) mass is 243 g/mol. The number of halogens is 2. The third kappa shape index (κ3) is 2.47. The van der Waals surface area contributed by atoms with Crippen molar-refractivity contribution < 1.29 is 0 Å². The Labute approximate surface area is 101 Å². The predicted molar refractivity (Wildman–Crippen MR) is 65.9 cm³/mol. The molecular formula is C12H15Cl2N. The van der Waals surface area contributed by atoms with E-state index in [-0.39, 0.29) is 0 Å². The van der Waals surface area contributed by atoms with Crippen LogP contribution in [0.2, 0.25) is 10.0 Å². The molecule has 0 aliphatic heterocycles. The van der Waals surface area contributed by atoms with E-state index in [1.165, 1.54) is 12.0 Å². The molecule has 1 aliphatic rings. The number of benzene rings is 1. The first kappa shape index (κ1) is 11.3. The number of nitrogens with one attached hydrogen (secondary N) is 1. The molecule has 82 valence electrons. The summed E-state index contributed by atoms with van der Waals surface area (Å²) in [7, 11) is 0. The zero-order valence-corrected chi connectivity index (χ0v) is 10.3. The Bertz CT molecular complexity index is 351. The van der Waals surface area contributed by atoms with Gasteiger partial charge in [0.15, 0.2) is 0 Å². The van der Waals surface area contributed by atoms with Crippen LogP contribution in [-0.4, -0.2) is 13.1 Å². The molecule has 1 saturated carbocycles. The zero-order valence-electron chi connectivity index (χ0n) is 8.76. The van der Waals surface area contributed by atoms with Crippen LogP contribution < -0.4 is 5.32 Å². The van der Waals surface area contributed by atoms with Crippen LogP contribution in [0.15, 0.2) is 18.2 Å². The Balaban J connectivity index is 2.03. The SMILES string of the molecule is CCNCC1CC1c1cccc(Cl)c1Cl. The van der Waals surface area contributed by atoms with E-state index >= 15 is 0 Å². The van der Waals surface area contributed by atoms with Crippen molar-refractivity contribution >= 4 is 23.2 Å². The molecule has 0 amide bonds. The smallest absolute Gasteiger partial charge is 0.0627 e. The van der Waals surface area contributed by atoms with Gasteiger partial charge in [-0.15, -0.1) is 0 Å². The summed E-state index contributed by atoms with van der Waals surface area (Å²) in [6.07, 6.45) is 1.23. The molecule has 3 heteroatoms. The molecule has 1 N–H and O–H groups in total. The highest BCUT2D eigenvalue weighted by Gasteiger charge is 2.38. The Hall–Kier alpha value is -0.240. The summed E-state index contributed by atoms with van der Waals surface area (Å²) in [5.74, 6) is 1.34. The summed E-state index contributed by atoms with van der Waals surface area (Å²) in [4.78, 5) is 0. The molecule has 0 saturated heterocycles. The van der Waals surface area contributed by atoms with Gasteiger partial charge in [0.2, 0.25) is 0 Å². The van der Waals surface area contributed by atoms with E-state index in [1.807, 2.05) is 12.1 Å². The third-order valence-electron chi connectivity index (χ3n) is 2.96. The number of hydrogen-bond acceptors (Lipinski definition) is 1. The van der Waals surface area contributed by atoms with Crippen molar-refractivity contribution in [2.45, 2.75) is 19.3 Å². The summed E-state index contributed by atoms with van der Waals surface area (Å²) < 4.78 is 0. The minimum Gasteiger partial charge on any atom is -0.317 e. The highest BCUT2D eigenvalue weighted by atomic mass is 35.5. The lowest BCUT2D eigenvalue weighted by Gasteiger charge is -2.05. The van der Waals surface area contributed by atoms with Crippen molar-refractivity contribution in [2.24, 2.45) is 5.92 Å². The number of rotatable bonds is 4. The second-order valence-electron chi connectivity index (χ2n) is 4.05. The van der Waals surface area contributed by atoms with Crippen LogP contribution in [0.1, 0.15) is 24.8 Å². The van der Waals surface area contributed by atoms with Crippen molar-refractivity contribution in [3.8, 4) is 0 Å². The van der Waals surface area contributed by atoms with Crippen LogP contribution >= 0.6 is 23.2 Å². The van der Waals surface area contributed by atoms with E-state index in [1.54, 1.807) is 0 Å². The highest BCUT2D eigenvalue weighted by molar-refractivity contribution is 6.42. The minimum atomic E-state index is 0.607. The maximum Gasteiger partial charge on any atom is 0.0627 e. The molecule has 15 heavy (non-hydrogen) atoms. The summed E-state index contributed by atoms with van der Waals surface area (Å²) in [5, 5.41) is 4.78. The van der Waals surface area contributed by atoms with Gasteiger partial charge in [0.1, 0.15) is 0 Å². The lowest BCUT2D eigenvalue weighted by molar-refractivity contribution is 0.649. The molecule has 0 bridgehead atoms. The van der Waals surface area contributed by atoms with Gasteiger partial charge in [0, 0.05) is 0 Å². The van der Waals surface area contributed by atoms with Gasteiger partial charge in [-0.3, -0.25) is 0 Å². The topological polar surface area (TPSA) is 12.0 Å². The average Bonchev–Trinajstić information content (AvgIpc) is 2.98. The highest BCUT2D eigenvalue weighted by Crippen LogP contribution is 2.50. The van der Waals surface area contributed by atoms with Gasteiger partial charge < -0.3 is 5.32 Å². The predicted octanol–water partition coefficient (Wildman–Crippen LogP) is 3.71. The molecule has 2 unspecified atom stereocenters. The minimum absolute atomic E-state index is 0.607. The quantitative estimate of drug-likeness (QED) is 0.851. The van der Waals surface area contributed by atoms with Crippen LogP contribution in [0.4, 0.5) is 0 Å². The normalized spacial score (nSPS) is 24.2. The van der Waals surface area contributed by atoms with Crippen LogP contribution in [-0.2, 0) is 0 Å². The molecule has 1 aromatic carbocycles. The lowest BCUT2D eigenvalue weighted by Crippen LogP contribution is -2.16. The summed E-state index contributed by atoms with van der Waals surface area (Å²) >= 11 is 12.2. The van der Waals surface area contributed by atoms with Gasteiger partial charge in [-0.1, -0.05) is 42.3 Å². The molecule has 0 spiro atoms. The van der Waals surface area contributed by atoms with E-state index in [0.717, 1.165) is 24.0 Å². The molecule has 0 aromatic heterocycles. The molecule has 2 rings (SSSR count). The van der Waals surface area contributed by atoms with Crippen LogP contribution in [0.5, 0.6) is 0 Å². The van der Waals surface area contributed by atoms with Gasteiger partial charge in [-0.05, 0) is 43.0 Å². The van der Waals surface area contributed by atoms with Gasteiger partial charge in [-0.25, -0.2) is 0 Å². The summed E-state index contributed by atoms with van der Waals surface area (Å²) in [6.45, 7) is 4.25. The molecular weight excluding hydrogens is 229 g/mol. The van der Waals surface area contributed by atoms with Crippen molar-refractivity contribution in [3.63, 3.8) is 0 Å². The van der Waals surface area contributed by atoms with E-state index in [0.29, 0.717) is 10.9 Å². The molecule has 1 aromatic rings. The first-order valence-corrected chi connectivity index (χ1v) is 6.14. The molecule has 1 aliphatic carbocycles. The zero-order chi connectivity index (χ0) is 10.8. The largest absolute Gasteiger partial charge is 0.317 e. The number of hydrogen-bond donors (Lipinski definition) is 1. The Morgan fingerprint density at radius 3 is 2.93 bits per heavy atom. The maximum absolute atomic E-state index is 6.18. The summed E-state index contributed by atoms with van der Waals surface area (Å²) in [6, 6.07) is 5.91.